The number of hydrogen-bond acceptors (Lipinski definition) is 13. The molecule has 13 nitrogen and oxygen atoms in total. The van der Waals surface area contributed by atoms with Gasteiger partial charge in [0, 0.05) is 76.8 Å². The summed E-state index contributed by atoms with van der Waals surface area (Å²) in [6.07, 6.45) is 0. The van der Waals surface area contributed by atoms with Gasteiger partial charge < -0.3 is 0 Å². The van der Waals surface area contributed by atoms with Crippen LogP contribution in [0.15, 0.2) is 307 Å². The van der Waals surface area contributed by atoms with E-state index in [1.54, 1.807) is 0 Å². The maximum absolute atomic E-state index is 5.18. The van der Waals surface area contributed by atoms with Crippen LogP contribution in [0.25, 0.3) is 178 Å². The first-order chi connectivity index (χ1) is 46.6. The lowest BCUT2D eigenvalue weighted by molar-refractivity contribution is 0.316. The molecule has 0 radical (unpaired) electrons. The third kappa shape index (κ3) is 10.4. The molecule has 94 heavy (non-hydrogen) atoms. The first-order valence-electron chi connectivity index (χ1n) is 30.7. The van der Waals surface area contributed by atoms with Crippen LogP contribution in [0, 0.1) is 0 Å². The molecular formula is C81H49N11O2. The highest BCUT2D eigenvalue weighted by Crippen LogP contribution is 2.41. The molecule has 440 valence electrons. The third-order valence-corrected chi connectivity index (χ3v) is 17.0. The van der Waals surface area contributed by atoms with Crippen LogP contribution in [-0.2, 0) is 0 Å². The molecule has 0 aliphatic carbocycles. The van der Waals surface area contributed by atoms with Crippen molar-refractivity contribution in [2.45, 2.75) is 0 Å². The van der Waals surface area contributed by atoms with E-state index in [1.165, 1.54) is 0 Å². The standard InChI is InChI=1S/C41H25N5O.C40H24N6O/c1-4-10-27(11-5-1)36-25-37(44-41(43-36)30-14-8-3-9-15-30)28-18-16-26(17-19-28)31-20-22-34-33(24-31)38-32(21-23-35-40(38)46-47-45-35)39(42-34)29-12-6-2-7-13-29;1-4-10-26(11-5-1)36-31-21-23-34-37(46-47-45-34)35(31)32-24-30(20-22-33(32)41-36)25-16-18-29(19-17-25)40-43-38(27-12-6-2-7-13-27)42-39(44-40)28-14-8-3-9-15-28/h1-25H;1-24H. The van der Waals surface area contributed by atoms with E-state index in [4.69, 9.17) is 44.1 Å². The van der Waals surface area contributed by atoms with Gasteiger partial charge in [-0.05, 0) is 97.5 Å². The molecule has 0 bridgehead atoms. The minimum Gasteiger partial charge on any atom is -0.247 e. The predicted octanol–water partition coefficient (Wildman–Crippen LogP) is 19.5. The van der Waals surface area contributed by atoms with Crippen molar-refractivity contribution in [2.24, 2.45) is 0 Å². The van der Waals surface area contributed by atoms with Crippen LogP contribution in [-0.4, -0.2) is 55.5 Å². The van der Waals surface area contributed by atoms with Gasteiger partial charge in [-0.25, -0.2) is 44.1 Å². The second kappa shape index (κ2) is 23.7. The van der Waals surface area contributed by atoms with Crippen molar-refractivity contribution >= 4 is 65.4 Å². The quantitative estimate of drug-likeness (QED) is 0.119. The van der Waals surface area contributed by atoms with Gasteiger partial charge in [0.15, 0.2) is 23.3 Å². The maximum Gasteiger partial charge on any atom is 0.164 e. The molecular weight excluding hydrogens is 1160 g/mol. The van der Waals surface area contributed by atoms with E-state index in [0.717, 1.165) is 144 Å². The van der Waals surface area contributed by atoms with E-state index in [1.807, 2.05) is 158 Å². The number of pyridine rings is 2. The normalized spacial score (nSPS) is 11.4. The van der Waals surface area contributed by atoms with Crippen molar-refractivity contribution in [1.82, 2.24) is 55.5 Å². The van der Waals surface area contributed by atoms with Gasteiger partial charge in [-0.15, -0.1) is 0 Å². The van der Waals surface area contributed by atoms with Crippen LogP contribution < -0.4 is 0 Å². The Labute approximate surface area is 537 Å². The van der Waals surface area contributed by atoms with Crippen LogP contribution >= 0.6 is 0 Å². The van der Waals surface area contributed by atoms with Crippen molar-refractivity contribution in [2.75, 3.05) is 0 Å². The molecule has 0 fully saturated rings. The topological polar surface area (TPSA) is 168 Å². The SMILES string of the molecule is c1ccc(-c2cc(-c3ccc(-c4ccc5nc(-c6ccccc6)c6ccc7nonc7c6c5c4)cc3)nc(-c3ccccc3)n2)cc1.c1ccc(-c2nc(-c3ccccc3)nc(-c3ccc(-c4ccc5nc(-c6ccccc6)c6ccc7nonc7c6c5c4)cc3)n2)cc1. The van der Waals surface area contributed by atoms with Crippen LogP contribution in [0.3, 0.4) is 0 Å². The molecule has 0 aliphatic heterocycles. The van der Waals surface area contributed by atoms with Crippen molar-refractivity contribution in [3.8, 4) is 113 Å². The fraction of sp³-hybridized carbons (Fsp3) is 0. The molecule has 0 unspecified atom stereocenters. The Morgan fingerprint density at radius 2 is 0.489 bits per heavy atom. The highest BCUT2D eigenvalue weighted by Gasteiger charge is 2.20. The summed E-state index contributed by atoms with van der Waals surface area (Å²) in [7, 11) is 0. The Bertz CT molecular complexity index is 5350. The van der Waals surface area contributed by atoms with Gasteiger partial charge in [-0.1, -0.05) is 243 Å². The largest absolute Gasteiger partial charge is 0.247 e. The van der Waals surface area contributed by atoms with Crippen molar-refractivity contribution in [1.29, 1.82) is 0 Å². The summed E-state index contributed by atoms with van der Waals surface area (Å²) in [5, 5.41) is 22.8. The van der Waals surface area contributed by atoms with Gasteiger partial charge >= 0.3 is 0 Å². The number of rotatable bonds is 10. The zero-order valence-electron chi connectivity index (χ0n) is 50.0. The molecule has 6 aromatic heterocycles. The third-order valence-electron chi connectivity index (χ3n) is 17.0. The summed E-state index contributed by atoms with van der Waals surface area (Å²) in [5.74, 6) is 2.59. The highest BCUT2D eigenvalue weighted by atomic mass is 16.6. The van der Waals surface area contributed by atoms with Crippen LogP contribution in [0.4, 0.5) is 0 Å². The lowest BCUT2D eigenvalue weighted by atomic mass is 9.95. The fourth-order valence-electron chi connectivity index (χ4n) is 12.3. The molecule has 12 aromatic carbocycles. The fourth-order valence-corrected chi connectivity index (χ4v) is 12.3. The monoisotopic (exact) mass is 1210 g/mol. The number of nitrogens with zero attached hydrogens (tertiary/aromatic N) is 11. The molecule has 0 aliphatic rings. The molecule has 0 spiro atoms. The van der Waals surface area contributed by atoms with Gasteiger partial charge in [0.1, 0.15) is 22.1 Å². The summed E-state index contributed by atoms with van der Waals surface area (Å²) < 4.78 is 10.4. The second-order valence-corrected chi connectivity index (χ2v) is 22.7. The summed E-state index contributed by atoms with van der Waals surface area (Å²) >= 11 is 0. The van der Waals surface area contributed by atoms with E-state index < -0.39 is 0 Å². The Balaban J connectivity index is 0.000000143. The van der Waals surface area contributed by atoms with Crippen molar-refractivity contribution < 1.29 is 9.26 Å². The van der Waals surface area contributed by atoms with E-state index in [2.05, 4.69) is 160 Å². The predicted molar refractivity (Wildman–Crippen MR) is 373 cm³/mol. The molecule has 6 heterocycles. The van der Waals surface area contributed by atoms with Gasteiger partial charge in [0.05, 0.1) is 33.8 Å². The second-order valence-electron chi connectivity index (χ2n) is 22.7. The molecule has 18 rings (SSSR count). The summed E-state index contributed by atoms with van der Waals surface area (Å²) in [6, 6.07) is 100. The summed E-state index contributed by atoms with van der Waals surface area (Å²) in [5.41, 5.74) is 20.4. The minimum atomic E-state index is 0.618. The van der Waals surface area contributed by atoms with Crippen LogP contribution in [0.1, 0.15) is 0 Å². The van der Waals surface area contributed by atoms with E-state index in [-0.39, 0.29) is 0 Å². The zero-order chi connectivity index (χ0) is 62.3. The number of fused-ring (bicyclic) bond motifs is 10. The lowest BCUT2D eigenvalue weighted by Crippen LogP contribution is -2.00. The first-order valence-corrected chi connectivity index (χ1v) is 30.7. The Morgan fingerprint density at radius 3 is 0.883 bits per heavy atom. The van der Waals surface area contributed by atoms with Crippen molar-refractivity contribution in [3.63, 3.8) is 0 Å². The number of hydrogen-bond donors (Lipinski definition) is 0. The minimum absolute atomic E-state index is 0.618. The molecule has 0 saturated carbocycles. The van der Waals surface area contributed by atoms with Gasteiger partial charge in [0.2, 0.25) is 0 Å². The molecule has 0 amide bonds. The van der Waals surface area contributed by atoms with E-state index in [9.17, 15) is 0 Å². The Morgan fingerprint density at radius 1 is 0.191 bits per heavy atom. The summed E-state index contributed by atoms with van der Waals surface area (Å²) in [4.78, 5) is 34.7. The molecule has 0 atom stereocenters. The van der Waals surface area contributed by atoms with Crippen molar-refractivity contribution in [3.05, 3.63) is 297 Å². The average molecular weight is 1210 g/mol. The Hall–Kier alpha value is -13.1. The van der Waals surface area contributed by atoms with E-state index >= 15 is 0 Å². The van der Waals surface area contributed by atoms with Gasteiger partial charge in [-0.3, -0.25) is 0 Å². The van der Waals surface area contributed by atoms with Gasteiger partial charge in [0.25, 0.3) is 0 Å². The number of benzene rings is 12. The van der Waals surface area contributed by atoms with Crippen LogP contribution in [0.2, 0.25) is 0 Å². The van der Waals surface area contributed by atoms with Gasteiger partial charge in [-0.2, -0.15) is 0 Å². The molecule has 18 aromatic rings. The maximum atomic E-state index is 5.18. The number of aromatic nitrogens is 11. The van der Waals surface area contributed by atoms with E-state index in [0.29, 0.717) is 34.3 Å². The molecule has 0 saturated heterocycles. The highest BCUT2D eigenvalue weighted by molar-refractivity contribution is 6.22. The molecule has 0 N–H and O–H groups in total. The zero-order valence-corrected chi connectivity index (χ0v) is 50.0. The molecule has 13 heteroatoms. The Kier molecular flexibility index (Phi) is 13.8. The smallest absolute Gasteiger partial charge is 0.164 e. The first kappa shape index (κ1) is 55.0. The average Bonchev–Trinajstić information content (AvgIpc) is 1.24. The van der Waals surface area contributed by atoms with Crippen LogP contribution in [0.5, 0.6) is 0 Å². The summed E-state index contributed by atoms with van der Waals surface area (Å²) in [6.45, 7) is 0. The lowest BCUT2D eigenvalue weighted by Gasteiger charge is -2.12.